The number of benzene rings is 2. The predicted octanol–water partition coefficient (Wildman–Crippen LogP) is 3.39. The van der Waals surface area contributed by atoms with Crippen LogP contribution < -0.4 is 15.2 Å². The first-order valence-electron chi connectivity index (χ1n) is 8.32. The van der Waals surface area contributed by atoms with E-state index in [4.69, 9.17) is 15.2 Å². The van der Waals surface area contributed by atoms with Gasteiger partial charge in [0.1, 0.15) is 6.61 Å². The lowest BCUT2D eigenvalue weighted by Gasteiger charge is -2.19. The van der Waals surface area contributed by atoms with Gasteiger partial charge >= 0.3 is 0 Å². The maximum absolute atomic E-state index is 12.0. The summed E-state index contributed by atoms with van der Waals surface area (Å²) in [7, 11) is 3.39. The van der Waals surface area contributed by atoms with Gasteiger partial charge in [0.15, 0.2) is 11.5 Å². The van der Waals surface area contributed by atoms with Crippen molar-refractivity contribution in [1.29, 1.82) is 0 Å². The Hall–Kier alpha value is -2.24. The van der Waals surface area contributed by atoms with Crippen LogP contribution in [0.4, 0.5) is 0 Å². The highest BCUT2D eigenvalue weighted by molar-refractivity contribution is 5.85. The first-order chi connectivity index (χ1) is 12.0. The smallest absolute Gasteiger partial charge is 0.224 e. The maximum Gasteiger partial charge on any atom is 0.224 e. The highest BCUT2D eigenvalue weighted by Crippen LogP contribution is 2.29. The average molecular weight is 379 g/mol. The molecule has 0 radical (unpaired) electrons. The topological polar surface area (TPSA) is 64.8 Å². The number of carbonyl (C=O) groups excluding carboxylic acids is 1. The minimum Gasteiger partial charge on any atom is -0.493 e. The molecule has 0 aliphatic carbocycles. The van der Waals surface area contributed by atoms with Crippen molar-refractivity contribution in [3.63, 3.8) is 0 Å². The molecule has 5 nitrogen and oxygen atoms in total. The molecule has 0 spiro atoms. The average Bonchev–Trinajstić information content (AvgIpc) is 2.60. The van der Waals surface area contributed by atoms with Gasteiger partial charge in [-0.25, -0.2) is 0 Å². The van der Waals surface area contributed by atoms with E-state index in [1.165, 1.54) is 0 Å². The number of nitrogens with two attached hydrogens (primary N) is 1. The highest BCUT2D eigenvalue weighted by atomic mass is 35.5. The van der Waals surface area contributed by atoms with Crippen LogP contribution in [0.5, 0.6) is 11.5 Å². The molecule has 0 heterocycles. The molecule has 0 saturated heterocycles. The van der Waals surface area contributed by atoms with E-state index in [9.17, 15) is 4.79 Å². The largest absolute Gasteiger partial charge is 0.493 e. The van der Waals surface area contributed by atoms with Crippen LogP contribution >= 0.6 is 12.4 Å². The zero-order valence-corrected chi connectivity index (χ0v) is 16.3. The van der Waals surface area contributed by atoms with Crippen molar-refractivity contribution in [1.82, 2.24) is 4.90 Å². The van der Waals surface area contributed by atoms with Gasteiger partial charge in [0.2, 0.25) is 5.91 Å². The summed E-state index contributed by atoms with van der Waals surface area (Å²) in [6, 6.07) is 15.5. The molecule has 142 valence electrons. The van der Waals surface area contributed by atoms with Crippen molar-refractivity contribution in [2.75, 3.05) is 14.2 Å². The SMILES string of the molecule is COc1cc(CN(C)C(=O)CC(C)N)ccc1OCc1ccccc1.Cl. The molecule has 0 aromatic heterocycles. The van der Waals surface area contributed by atoms with Gasteiger partial charge < -0.3 is 20.1 Å². The van der Waals surface area contributed by atoms with Crippen LogP contribution in [0.1, 0.15) is 24.5 Å². The number of carbonyl (C=O) groups is 1. The summed E-state index contributed by atoms with van der Waals surface area (Å²) in [5.74, 6) is 1.36. The van der Waals surface area contributed by atoms with Crippen LogP contribution in [0.3, 0.4) is 0 Å². The van der Waals surface area contributed by atoms with Gasteiger partial charge in [0.25, 0.3) is 0 Å². The van der Waals surface area contributed by atoms with Gasteiger partial charge in [0, 0.05) is 26.1 Å². The van der Waals surface area contributed by atoms with Gasteiger partial charge in [-0.1, -0.05) is 36.4 Å². The molecule has 2 aromatic rings. The number of ether oxygens (including phenoxy) is 2. The second kappa shape index (κ2) is 10.7. The third-order valence-electron chi connectivity index (χ3n) is 3.81. The highest BCUT2D eigenvalue weighted by Gasteiger charge is 2.13. The third-order valence-corrected chi connectivity index (χ3v) is 3.81. The van der Waals surface area contributed by atoms with Crippen molar-refractivity contribution in [2.24, 2.45) is 5.73 Å². The second-order valence-electron chi connectivity index (χ2n) is 6.19. The van der Waals surface area contributed by atoms with E-state index in [-0.39, 0.29) is 24.4 Å². The molecule has 1 amide bonds. The minimum absolute atomic E-state index is 0. The number of methoxy groups -OCH3 is 1. The molecule has 26 heavy (non-hydrogen) atoms. The summed E-state index contributed by atoms with van der Waals surface area (Å²) in [5, 5.41) is 0. The Bertz CT molecular complexity index is 693. The Balaban J connectivity index is 0.00000338. The number of halogens is 1. The Morgan fingerprint density at radius 2 is 1.81 bits per heavy atom. The fourth-order valence-corrected chi connectivity index (χ4v) is 2.46. The van der Waals surface area contributed by atoms with Crippen LogP contribution in [0.15, 0.2) is 48.5 Å². The molecule has 0 aliphatic heterocycles. The number of nitrogens with zero attached hydrogens (tertiary/aromatic N) is 1. The Kier molecular flexibility index (Phi) is 8.96. The number of hydrogen-bond donors (Lipinski definition) is 1. The van der Waals surface area contributed by atoms with E-state index in [1.807, 2.05) is 55.5 Å². The summed E-state index contributed by atoms with van der Waals surface area (Å²) in [5.41, 5.74) is 7.76. The number of hydrogen-bond acceptors (Lipinski definition) is 4. The molecule has 0 saturated carbocycles. The summed E-state index contributed by atoms with van der Waals surface area (Å²) >= 11 is 0. The minimum atomic E-state index is -0.141. The zero-order chi connectivity index (χ0) is 18.2. The van der Waals surface area contributed by atoms with E-state index >= 15 is 0 Å². The van der Waals surface area contributed by atoms with Crippen molar-refractivity contribution >= 4 is 18.3 Å². The molecule has 1 unspecified atom stereocenters. The zero-order valence-electron chi connectivity index (χ0n) is 15.5. The van der Waals surface area contributed by atoms with Gasteiger partial charge in [-0.15, -0.1) is 12.4 Å². The fourth-order valence-electron chi connectivity index (χ4n) is 2.46. The van der Waals surface area contributed by atoms with E-state index in [0.29, 0.717) is 31.1 Å². The van der Waals surface area contributed by atoms with Gasteiger partial charge in [-0.05, 0) is 30.2 Å². The lowest BCUT2D eigenvalue weighted by Crippen LogP contribution is -2.31. The van der Waals surface area contributed by atoms with Crippen LogP contribution in [0, 0.1) is 0 Å². The summed E-state index contributed by atoms with van der Waals surface area (Å²) < 4.78 is 11.3. The molecule has 0 aliphatic rings. The first-order valence-corrected chi connectivity index (χ1v) is 8.32. The lowest BCUT2D eigenvalue weighted by molar-refractivity contribution is -0.130. The summed E-state index contributed by atoms with van der Waals surface area (Å²) in [4.78, 5) is 13.7. The van der Waals surface area contributed by atoms with E-state index < -0.39 is 0 Å². The van der Waals surface area contributed by atoms with Crippen LogP contribution in [-0.4, -0.2) is 31.0 Å². The Labute approximate surface area is 161 Å². The summed E-state index contributed by atoms with van der Waals surface area (Å²) in [6.45, 7) is 2.80. The van der Waals surface area contributed by atoms with E-state index in [2.05, 4.69) is 0 Å². The molecule has 2 N–H and O–H groups in total. The molecule has 0 bridgehead atoms. The molecule has 0 fully saturated rings. The summed E-state index contributed by atoms with van der Waals surface area (Å²) in [6.07, 6.45) is 0.339. The normalized spacial score (nSPS) is 11.2. The van der Waals surface area contributed by atoms with Crippen molar-refractivity contribution in [3.05, 3.63) is 59.7 Å². The monoisotopic (exact) mass is 378 g/mol. The lowest BCUT2D eigenvalue weighted by atomic mass is 10.1. The molecular formula is C20H27ClN2O3. The van der Waals surface area contributed by atoms with Gasteiger partial charge in [0.05, 0.1) is 7.11 Å². The van der Waals surface area contributed by atoms with Crippen LogP contribution in [0.25, 0.3) is 0 Å². The molecule has 2 rings (SSSR count). The molecular weight excluding hydrogens is 352 g/mol. The Morgan fingerprint density at radius 3 is 2.42 bits per heavy atom. The van der Waals surface area contributed by atoms with E-state index in [0.717, 1.165) is 11.1 Å². The molecule has 6 heteroatoms. The van der Waals surface area contributed by atoms with Crippen LogP contribution in [-0.2, 0) is 17.9 Å². The van der Waals surface area contributed by atoms with Crippen molar-refractivity contribution in [3.8, 4) is 11.5 Å². The van der Waals surface area contributed by atoms with Crippen LogP contribution in [0.2, 0.25) is 0 Å². The molecule has 1 atom stereocenters. The van der Waals surface area contributed by atoms with Crippen molar-refractivity contribution < 1.29 is 14.3 Å². The molecule has 2 aromatic carbocycles. The van der Waals surface area contributed by atoms with E-state index in [1.54, 1.807) is 19.1 Å². The quantitative estimate of drug-likeness (QED) is 0.764. The third kappa shape index (κ3) is 6.58. The number of rotatable bonds is 8. The maximum atomic E-state index is 12.0. The first kappa shape index (κ1) is 21.8. The predicted molar refractivity (Wildman–Crippen MR) is 106 cm³/mol. The fraction of sp³-hybridized carbons (Fsp3) is 0.350. The Morgan fingerprint density at radius 1 is 1.12 bits per heavy atom. The number of amides is 1. The van der Waals surface area contributed by atoms with Gasteiger partial charge in [-0.3, -0.25) is 4.79 Å². The second-order valence-corrected chi connectivity index (χ2v) is 6.19. The standard InChI is InChI=1S/C20H26N2O3.ClH/c1-15(21)11-20(23)22(2)13-17-9-10-18(19(12-17)24-3)25-14-16-7-5-4-6-8-16;/h4-10,12,15H,11,13-14,21H2,1-3H3;1H. The van der Waals surface area contributed by atoms with Gasteiger partial charge in [-0.2, -0.15) is 0 Å². The van der Waals surface area contributed by atoms with Crippen molar-refractivity contribution in [2.45, 2.75) is 32.5 Å².